The number of imide groups is 1. The monoisotopic (exact) mass is 373 g/mol. The van der Waals surface area contributed by atoms with Crippen molar-refractivity contribution in [2.24, 2.45) is 0 Å². The molecule has 0 spiro atoms. The summed E-state index contributed by atoms with van der Waals surface area (Å²) in [4.78, 5) is 44.3. The third kappa shape index (κ3) is 4.90. The number of nitrogens with zero attached hydrogens (tertiary/aromatic N) is 2. The first-order valence-corrected chi connectivity index (χ1v) is 8.63. The van der Waals surface area contributed by atoms with Gasteiger partial charge in [-0.05, 0) is 24.1 Å². The number of hydrogen-bond donors (Lipinski definition) is 3. The number of aromatic nitrogens is 2. The van der Waals surface area contributed by atoms with Crippen molar-refractivity contribution in [2.75, 3.05) is 13.1 Å². The van der Waals surface area contributed by atoms with Crippen molar-refractivity contribution in [3.63, 3.8) is 0 Å². The predicted octanol–water partition coefficient (Wildman–Crippen LogP) is 0.761. The van der Waals surface area contributed by atoms with Crippen LogP contribution in [-0.4, -0.2) is 51.8 Å². The van der Waals surface area contributed by atoms with Crippen LogP contribution in [0.25, 0.3) is 0 Å². The zero-order valence-corrected chi connectivity index (χ0v) is 14.6. The molecule has 3 N–H and O–H groups in total. The minimum absolute atomic E-state index is 0.121. The SMILES string of the molecule is O=C(C[C@@H]1NC(=O)N(CCc2cccc(F)c2)C1=O)NCCc1cnc[nH]1. The van der Waals surface area contributed by atoms with Gasteiger partial charge in [0.2, 0.25) is 5.91 Å². The van der Waals surface area contributed by atoms with Crippen molar-refractivity contribution in [3.8, 4) is 0 Å². The number of rotatable bonds is 8. The fourth-order valence-electron chi connectivity index (χ4n) is 2.88. The van der Waals surface area contributed by atoms with E-state index in [2.05, 4.69) is 20.6 Å². The number of hydrogen-bond acceptors (Lipinski definition) is 4. The maximum absolute atomic E-state index is 13.2. The second kappa shape index (κ2) is 8.43. The van der Waals surface area contributed by atoms with E-state index < -0.39 is 18.0 Å². The Hall–Kier alpha value is -3.23. The number of carbonyl (C=O) groups is 3. The second-order valence-electron chi connectivity index (χ2n) is 6.25. The fraction of sp³-hybridized carbons (Fsp3) is 0.333. The van der Waals surface area contributed by atoms with Crippen LogP contribution in [0.1, 0.15) is 17.7 Å². The van der Waals surface area contributed by atoms with Crippen LogP contribution in [0.3, 0.4) is 0 Å². The summed E-state index contributed by atoms with van der Waals surface area (Å²) in [6.07, 6.45) is 4.05. The maximum atomic E-state index is 13.2. The van der Waals surface area contributed by atoms with Gasteiger partial charge in [-0.3, -0.25) is 14.5 Å². The van der Waals surface area contributed by atoms with Gasteiger partial charge >= 0.3 is 6.03 Å². The van der Waals surface area contributed by atoms with Gasteiger partial charge in [0, 0.05) is 31.4 Å². The number of halogens is 1. The Morgan fingerprint density at radius 3 is 2.89 bits per heavy atom. The average molecular weight is 373 g/mol. The number of H-pyrrole nitrogens is 1. The van der Waals surface area contributed by atoms with Crippen LogP contribution in [0, 0.1) is 5.82 Å². The molecule has 1 aromatic heterocycles. The van der Waals surface area contributed by atoms with E-state index in [1.165, 1.54) is 12.1 Å². The molecule has 4 amide bonds. The van der Waals surface area contributed by atoms with Gasteiger partial charge < -0.3 is 15.6 Å². The molecule has 1 aliphatic heterocycles. The lowest BCUT2D eigenvalue weighted by Gasteiger charge is -2.13. The molecule has 9 heteroatoms. The second-order valence-corrected chi connectivity index (χ2v) is 6.25. The van der Waals surface area contributed by atoms with Crippen LogP contribution < -0.4 is 10.6 Å². The molecule has 1 saturated heterocycles. The fourth-order valence-corrected chi connectivity index (χ4v) is 2.88. The lowest BCUT2D eigenvalue weighted by molar-refractivity contribution is -0.130. The van der Waals surface area contributed by atoms with Crippen molar-refractivity contribution in [1.82, 2.24) is 25.5 Å². The molecular weight excluding hydrogens is 353 g/mol. The molecule has 3 rings (SSSR count). The van der Waals surface area contributed by atoms with Crippen molar-refractivity contribution >= 4 is 17.8 Å². The number of nitrogens with one attached hydrogen (secondary N) is 3. The highest BCUT2D eigenvalue weighted by molar-refractivity contribution is 6.05. The van der Waals surface area contributed by atoms with Gasteiger partial charge in [-0.25, -0.2) is 14.2 Å². The number of amides is 4. The van der Waals surface area contributed by atoms with Gasteiger partial charge in [-0.15, -0.1) is 0 Å². The molecular formula is C18H20FN5O3. The van der Waals surface area contributed by atoms with E-state index in [0.29, 0.717) is 24.9 Å². The first kappa shape index (κ1) is 18.6. The number of aromatic amines is 1. The molecule has 0 aliphatic carbocycles. The van der Waals surface area contributed by atoms with Crippen LogP contribution >= 0.6 is 0 Å². The Labute approximate surface area is 155 Å². The molecule has 27 heavy (non-hydrogen) atoms. The normalized spacial score (nSPS) is 16.5. The van der Waals surface area contributed by atoms with E-state index in [-0.39, 0.29) is 24.7 Å². The highest BCUT2D eigenvalue weighted by Gasteiger charge is 2.38. The van der Waals surface area contributed by atoms with E-state index >= 15 is 0 Å². The Balaban J connectivity index is 1.45. The lowest BCUT2D eigenvalue weighted by atomic mass is 10.1. The molecule has 1 aromatic carbocycles. The standard InChI is InChI=1S/C18H20FN5O3/c19-13-3-1-2-12(8-13)5-7-24-17(26)15(23-18(24)27)9-16(25)21-6-4-14-10-20-11-22-14/h1-3,8,10-11,15H,4-7,9H2,(H,20,22)(H,21,25)(H,23,27)/t15-/m0/s1. The third-order valence-corrected chi connectivity index (χ3v) is 4.28. The molecule has 1 fully saturated rings. The minimum atomic E-state index is -0.878. The van der Waals surface area contributed by atoms with Gasteiger partial charge in [0.15, 0.2) is 0 Å². The van der Waals surface area contributed by atoms with Crippen LogP contribution in [0.15, 0.2) is 36.8 Å². The Morgan fingerprint density at radius 2 is 2.15 bits per heavy atom. The lowest BCUT2D eigenvalue weighted by Crippen LogP contribution is -2.37. The Bertz CT molecular complexity index is 824. The van der Waals surface area contributed by atoms with E-state index in [0.717, 1.165) is 10.6 Å². The van der Waals surface area contributed by atoms with Gasteiger partial charge in [0.05, 0.1) is 12.7 Å². The van der Waals surface area contributed by atoms with Gasteiger partial charge in [-0.1, -0.05) is 12.1 Å². The summed E-state index contributed by atoms with van der Waals surface area (Å²) < 4.78 is 13.2. The van der Waals surface area contributed by atoms with E-state index in [4.69, 9.17) is 0 Å². The zero-order valence-electron chi connectivity index (χ0n) is 14.6. The summed E-state index contributed by atoms with van der Waals surface area (Å²) >= 11 is 0. The third-order valence-electron chi connectivity index (χ3n) is 4.28. The molecule has 0 radical (unpaired) electrons. The van der Waals surface area contributed by atoms with E-state index in [1.807, 2.05) is 0 Å². The Kier molecular flexibility index (Phi) is 5.80. The van der Waals surface area contributed by atoms with Gasteiger partial charge in [0.1, 0.15) is 11.9 Å². The smallest absolute Gasteiger partial charge is 0.324 e. The van der Waals surface area contributed by atoms with Crippen LogP contribution in [0.2, 0.25) is 0 Å². The molecule has 142 valence electrons. The number of carbonyl (C=O) groups excluding carboxylic acids is 3. The summed E-state index contributed by atoms with van der Waals surface area (Å²) in [6.45, 7) is 0.533. The van der Waals surface area contributed by atoms with Crippen molar-refractivity contribution in [2.45, 2.75) is 25.3 Å². The molecule has 0 saturated carbocycles. The highest BCUT2D eigenvalue weighted by Crippen LogP contribution is 2.12. The molecule has 2 aromatic rings. The van der Waals surface area contributed by atoms with Crippen molar-refractivity contribution in [1.29, 1.82) is 0 Å². The zero-order chi connectivity index (χ0) is 19.2. The summed E-state index contributed by atoms with van der Waals surface area (Å²) in [7, 11) is 0. The predicted molar refractivity (Wildman–Crippen MR) is 94.1 cm³/mol. The highest BCUT2D eigenvalue weighted by atomic mass is 19.1. The molecule has 1 atom stereocenters. The largest absolute Gasteiger partial charge is 0.356 e. The summed E-state index contributed by atoms with van der Waals surface area (Å²) in [5, 5.41) is 5.23. The summed E-state index contributed by atoms with van der Waals surface area (Å²) in [5.74, 6) is -1.13. The van der Waals surface area contributed by atoms with Crippen LogP contribution in [0.5, 0.6) is 0 Å². The van der Waals surface area contributed by atoms with E-state index in [9.17, 15) is 18.8 Å². The maximum Gasteiger partial charge on any atom is 0.324 e. The minimum Gasteiger partial charge on any atom is -0.356 e. The first-order chi connectivity index (χ1) is 13.0. The number of urea groups is 1. The Morgan fingerprint density at radius 1 is 1.30 bits per heavy atom. The van der Waals surface area contributed by atoms with Gasteiger partial charge in [0.25, 0.3) is 5.91 Å². The number of benzene rings is 1. The molecule has 0 unspecified atom stereocenters. The van der Waals surface area contributed by atoms with Gasteiger partial charge in [-0.2, -0.15) is 0 Å². The summed E-state index contributed by atoms with van der Waals surface area (Å²) in [6, 6.07) is 4.59. The molecule has 8 nitrogen and oxygen atoms in total. The van der Waals surface area contributed by atoms with E-state index in [1.54, 1.807) is 24.7 Å². The topological polar surface area (TPSA) is 107 Å². The number of imidazole rings is 1. The van der Waals surface area contributed by atoms with Crippen LogP contribution in [-0.2, 0) is 22.4 Å². The average Bonchev–Trinajstić information content (AvgIpc) is 3.23. The van der Waals surface area contributed by atoms with Crippen LogP contribution in [0.4, 0.5) is 9.18 Å². The first-order valence-electron chi connectivity index (χ1n) is 8.63. The molecule has 2 heterocycles. The van der Waals surface area contributed by atoms with Crippen molar-refractivity contribution in [3.05, 3.63) is 53.9 Å². The molecule has 1 aliphatic rings. The quantitative estimate of drug-likeness (QED) is 0.594. The van der Waals surface area contributed by atoms with Crippen molar-refractivity contribution < 1.29 is 18.8 Å². The summed E-state index contributed by atoms with van der Waals surface area (Å²) in [5.41, 5.74) is 1.58. The molecule has 0 bridgehead atoms.